The molecule has 0 radical (unpaired) electrons. The molecule has 0 aromatic heterocycles. The standard InChI is InChI=1S/C30H23NO5/c32-29(27(19-9-3-1-4-10-19)20-11-5-2-6-12-20)31-18-21-15-16-26-28(22(21)17-23(31)30(33)34)36-25-14-8-7-13-24(25)35-26/h1-16,23,27H,17-18H2,(H,33,34). The van der Waals surface area contributed by atoms with Gasteiger partial charge in [0.1, 0.15) is 6.04 Å². The lowest BCUT2D eigenvalue weighted by molar-refractivity contribution is -0.151. The number of carboxylic acids is 1. The first kappa shape index (κ1) is 21.9. The maximum atomic E-state index is 14.1. The van der Waals surface area contributed by atoms with Gasteiger partial charge in [0.05, 0.1) is 5.92 Å². The van der Waals surface area contributed by atoms with Gasteiger partial charge in [0.2, 0.25) is 5.91 Å². The molecule has 0 spiro atoms. The number of nitrogens with zero attached hydrogens (tertiary/aromatic N) is 1. The SMILES string of the molecule is O=C(O)C1Cc2c(ccc3c2Oc2ccccc2O3)CN1C(=O)C(c1ccccc1)c1ccccc1. The third kappa shape index (κ3) is 3.77. The van der Waals surface area contributed by atoms with Crippen LogP contribution in [0.1, 0.15) is 28.2 Å². The molecule has 6 heteroatoms. The summed E-state index contributed by atoms with van der Waals surface area (Å²) in [6.07, 6.45) is 0.126. The molecular formula is C30H23NO5. The number of aliphatic carboxylic acids is 1. The van der Waals surface area contributed by atoms with E-state index in [0.717, 1.165) is 22.3 Å². The maximum absolute atomic E-state index is 14.1. The Balaban J connectivity index is 1.40. The highest BCUT2D eigenvalue weighted by Gasteiger charge is 2.40. The summed E-state index contributed by atoms with van der Waals surface area (Å²) < 4.78 is 12.2. The predicted octanol–water partition coefficient (Wildman–Crippen LogP) is 5.75. The number of carbonyl (C=O) groups is 2. The van der Waals surface area contributed by atoms with Crippen molar-refractivity contribution in [3.8, 4) is 23.0 Å². The van der Waals surface area contributed by atoms with Crippen LogP contribution in [0, 0.1) is 0 Å². The summed E-state index contributed by atoms with van der Waals surface area (Å²) in [5.74, 6) is 0.349. The van der Waals surface area contributed by atoms with Crippen LogP contribution < -0.4 is 9.47 Å². The first-order valence-corrected chi connectivity index (χ1v) is 11.8. The topological polar surface area (TPSA) is 76.1 Å². The molecule has 0 bridgehead atoms. The fraction of sp³-hybridized carbons (Fsp3) is 0.133. The molecule has 4 aromatic rings. The van der Waals surface area contributed by atoms with Crippen molar-refractivity contribution < 1.29 is 24.2 Å². The van der Waals surface area contributed by atoms with Gasteiger partial charge < -0.3 is 19.5 Å². The van der Waals surface area contributed by atoms with Crippen LogP contribution in [0.4, 0.5) is 0 Å². The summed E-state index contributed by atoms with van der Waals surface area (Å²) in [5, 5.41) is 10.2. The monoisotopic (exact) mass is 477 g/mol. The van der Waals surface area contributed by atoms with Crippen LogP contribution in [-0.2, 0) is 22.6 Å². The number of amides is 1. The number of carboxylic acid groups (broad SMARTS) is 1. The van der Waals surface area contributed by atoms with Gasteiger partial charge in [-0.1, -0.05) is 78.9 Å². The zero-order valence-electron chi connectivity index (χ0n) is 19.3. The molecule has 0 saturated carbocycles. The van der Waals surface area contributed by atoms with Crippen LogP contribution in [0.3, 0.4) is 0 Å². The Morgan fingerprint density at radius 1 is 0.750 bits per heavy atom. The van der Waals surface area contributed by atoms with Gasteiger partial charge >= 0.3 is 5.97 Å². The maximum Gasteiger partial charge on any atom is 0.326 e. The number of hydrogen-bond acceptors (Lipinski definition) is 4. The summed E-state index contributed by atoms with van der Waals surface area (Å²) in [6.45, 7) is 0.166. The van der Waals surface area contributed by atoms with Gasteiger partial charge in [-0.05, 0) is 34.9 Å². The van der Waals surface area contributed by atoms with Gasteiger partial charge in [-0.2, -0.15) is 0 Å². The molecule has 2 aliphatic heterocycles. The Kier molecular flexibility index (Phi) is 5.41. The van der Waals surface area contributed by atoms with Crippen molar-refractivity contribution >= 4 is 11.9 Å². The molecule has 1 atom stereocenters. The molecule has 1 amide bonds. The summed E-state index contributed by atoms with van der Waals surface area (Å²) in [7, 11) is 0. The van der Waals surface area contributed by atoms with Crippen LogP contribution >= 0.6 is 0 Å². The van der Waals surface area contributed by atoms with E-state index in [2.05, 4.69) is 0 Å². The van der Waals surface area contributed by atoms with Crippen LogP contribution in [0.5, 0.6) is 23.0 Å². The average molecular weight is 478 g/mol. The minimum Gasteiger partial charge on any atom is -0.480 e. The second kappa shape index (κ2) is 8.89. The summed E-state index contributed by atoms with van der Waals surface area (Å²) in [6, 6.07) is 29.0. The quantitative estimate of drug-likeness (QED) is 0.356. The lowest BCUT2D eigenvalue weighted by Crippen LogP contribution is -2.50. The molecular weight excluding hydrogens is 454 g/mol. The van der Waals surface area contributed by atoms with E-state index in [0.29, 0.717) is 23.0 Å². The zero-order chi connectivity index (χ0) is 24.6. The number of rotatable bonds is 4. The fourth-order valence-corrected chi connectivity index (χ4v) is 5.04. The van der Waals surface area contributed by atoms with E-state index in [4.69, 9.17) is 9.47 Å². The van der Waals surface area contributed by atoms with E-state index in [1.165, 1.54) is 4.90 Å². The van der Waals surface area contributed by atoms with Crippen molar-refractivity contribution in [2.45, 2.75) is 24.9 Å². The van der Waals surface area contributed by atoms with E-state index < -0.39 is 17.9 Å². The molecule has 1 N–H and O–H groups in total. The molecule has 178 valence electrons. The van der Waals surface area contributed by atoms with Crippen LogP contribution in [-0.4, -0.2) is 27.9 Å². The Morgan fingerprint density at radius 2 is 1.33 bits per heavy atom. The predicted molar refractivity (Wildman–Crippen MR) is 133 cm³/mol. The fourth-order valence-electron chi connectivity index (χ4n) is 5.04. The third-order valence-electron chi connectivity index (χ3n) is 6.80. The molecule has 0 aliphatic carbocycles. The zero-order valence-corrected chi connectivity index (χ0v) is 19.3. The molecule has 2 heterocycles. The minimum absolute atomic E-state index is 0.126. The van der Waals surface area contributed by atoms with E-state index in [9.17, 15) is 14.7 Å². The highest BCUT2D eigenvalue weighted by molar-refractivity contribution is 5.91. The molecule has 0 fully saturated rings. The molecule has 2 aliphatic rings. The number of ether oxygens (including phenoxy) is 2. The largest absolute Gasteiger partial charge is 0.480 e. The van der Waals surface area contributed by atoms with Crippen molar-refractivity contribution in [2.24, 2.45) is 0 Å². The van der Waals surface area contributed by atoms with Gasteiger partial charge in [-0.15, -0.1) is 0 Å². The van der Waals surface area contributed by atoms with Gasteiger partial charge in [-0.25, -0.2) is 4.79 Å². The number of hydrogen-bond donors (Lipinski definition) is 1. The number of benzene rings is 4. The van der Waals surface area contributed by atoms with E-state index in [-0.39, 0.29) is 18.9 Å². The number of carbonyl (C=O) groups excluding carboxylic acids is 1. The molecule has 36 heavy (non-hydrogen) atoms. The van der Waals surface area contributed by atoms with Gasteiger partial charge in [0, 0.05) is 18.5 Å². The van der Waals surface area contributed by atoms with Crippen LogP contribution in [0.15, 0.2) is 97.1 Å². The highest BCUT2D eigenvalue weighted by Crippen LogP contribution is 2.49. The van der Waals surface area contributed by atoms with E-state index >= 15 is 0 Å². The van der Waals surface area contributed by atoms with Crippen LogP contribution in [0.25, 0.3) is 0 Å². The summed E-state index contributed by atoms with van der Waals surface area (Å²) >= 11 is 0. The first-order valence-electron chi connectivity index (χ1n) is 11.8. The summed E-state index contributed by atoms with van der Waals surface area (Å²) in [4.78, 5) is 28.0. The first-order chi connectivity index (χ1) is 17.6. The molecule has 6 rings (SSSR count). The van der Waals surface area contributed by atoms with Crippen molar-refractivity contribution in [2.75, 3.05) is 0 Å². The summed E-state index contributed by atoms with van der Waals surface area (Å²) in [5.41, 5.74) is 3.25. The minimum atomic E-state index is -1.05. The molecule has 1 unspecified atom stereocenters. The third-order valence-corrected chi connectivity index (χ3v) is 6.80. The molecule has 4 aromatic carbocycles. The smallest absolute Gasteiger partial charge is 0.326 e. The Bertz CT molecular complexity index is 1410. The van der Waals surface area contributed by atoms with Crippen LogP contribution in [0.2, 0.25) is 0 Å². The van der Waals surface area contributed by atoms with Crippen molar-refractivity contribution in [1.82, 2.24) is 4.90 Å². The number of fused-ring (bicyclic) bond motifs is 4. The number of para-hydroxylation sites is 2. The van der Waals surface area contributed by atoms with Gasteiger partial charge in [-0.3, -0.25) is 4.79 Å². The van der Waals surface area contributed by atoms with E-state index in [1.54, 1.807) is 0 Å². The Labute approximate surface area is 208 Å². The lowest BCUT2D eigenvalue weighted by atomic mass is 9.86. The van der Waals surface area contributed by atoms with Crippen molar-refractivity contribution in [3.05, 3.63) is 119 Å². The molecule has 6 nitrogen and oxygen atoms in total. The Hall–Kier alpha value is -4.58. The van der Waals surface area contributed by atoms with Gasteiger partial charge in [0.15, 0.2) is 23.0 Å². The highest BCUT2D eigenvalue weighted by atomic mass is 16.6. The van der Waals surface area contributed by atoms with Crippen molar-refractivity contribution in [1.29, 1.82) is 0 Å². The van der Waals surface area contributed by atoms with E-state index in [1.807, 2.05) is 97.1 Å². The Morgan fingerprint density at radius 3 is 1.94 bits per heavy atom. The van der Waals surface area contributed by atoms with Gasteiger partial charge in [0.25, 0.3) is 0 Å². The second-order valence-electron chi connectivity index (χ2n) is 8.96. The lowest BCUT2D eigenvalue weighted by Gasteiger charge is -2.38. The van der Waals surface area contributed by atoms with Crippen molar-refractivity contribution in [3.63, 3.8) is 0 Å². The average Bonchev–Trinajstić information content (AvgIpc) is 2.92. The molecule has 0 saturated heterocycles. The second-order valence-corrected chi connectivity index (χ2v) is 8.96. The normalized spacial score (nSPS) is 15.7.